The Labute approximate surface area is 106 Å². The summed E-state index contributed by atoms with van der Waals surface area (Å²) in [5, 5.41) is 6.59. The summed E-state index contributed by atoms with van der Waals surface area (Å²) in [6.07, 6.45) is 7.58. The Morgan fingerprint density at radius 3 is 2.75 bits per heavy atom. The smallest absolute Gasteiger partial charge is 0.0468 e. The zero-order chi connectivity index (χ0) is 11.4. The Hall–Kier alpha value is -0.190. The van der Waals surface area contributed by atoms with E-state index in [2.05, 4.69) is 17.0 Å². The molecule has 0 aromatic carbocycles. The predicted molar refractivity (Wildman–Crippen MR) is 75.1 cm³/mol. The Morgan fingerprint density at radius 2 is 2.19 bits per heavy atom. The Bertz CT molecular complexity index is 317. The molecule has 90 valence electrons. The minimum Gasteiger partial charge on any atom is -0.398 e. The second kappa shape index (κ2) is 5.94. The van der Waals surface area contributed by atoms with Gasteiger partial charge in [0.15, 0.2) is 0 Å². The van der Waals surface area contributed by atoms with Gasteiger partial charge in [0.2, 0.25) is 0 Å². The molecule has 0 unspecified atom stereocenters. The van der Waals surface area contributed by atoms with Crippen molar-refractivity contribution >= 4 is 28.8 Å². The van der Waals surface area contributed by atoms with Crippen molar-refractivity contribution in [3.63, 3.8) is 0 Å². The van der Waals surface area contributed by atoms with Crippen molar-refractivity contribution in [1.29, 1.82) is 0 Å². The number of thiophene rings is 1. The average Bonchev–Trinajstić information content (AvgIpc) is 2.73. The number of hydrogen-bond acceptors (Lipinski definition) is 4. The predicted octanol–water partition coefficient (Wildman–Crippen LogP) is 3.09. The van der Waals surface area contributed by atoms with Crippen LogP contribution in [0.4, 0.5) is 5.69 Å². The van der Waals surface area contributed by atoms with E-state index in [4.69, 9.17) is 5.73 Å². The van der Waals surface area contributed by atoms with E-state index in [1.54, 1.807) is 11.3 Å². The van der Waals surface area contributed by atoms with E-state index in [1.165, 1.54) is 30.6 Å². The SMILES string of the molecule is CSC1CCC(NCc2sccc2N)CC1. The van der Waals surface area contributed by atoms with E-state index in [1.807, 2.05) is 17.8 Å². The molecule has 0 atom stereocenters. The van der Waals surface area contributed by atoms with Gasteiger partial charge in [0, 0.05) is 28.4 Å². The number of nitrogens with one attached hydrogen (secondary N) is 1. The van der Waals surface area contributed by atoms with Crippen molar-refractivity contribution in [2.75, 3.05) is 12.0 Å². The van der Waals surface area contributed by atoms with Gasteiger partial charge in [0.25, 0.3) is 0 Å². The lowest BCUT2D eigenvalue weighted by Crippen LogP contribution is -2.33. The quantitative estimate of drug-likeness (QED) is 0.869. The lowest BCUT2D eigenvalue weighted by Gasteiger charge is -2.28. The zero-order valence-electron chi connectivity index (χ0n) is 9.74. The van der Waals surface area contributed by atoms with E-state index < -0.39 is 0 Å². The maximum atomic E-state index is 5.87. The van der Waals surface area contributed by atoms with Crippen LogP contribution in [0.15, 0.2) is 11.4 Å². The molecule has 1 aliphatic carbocycles. The first-order valence-electron chi connectivity index (χ1n) is 5.87. The molecule has 0 saturated heterocycles. The molecule has 1 heterocycles. The third-order valence-corrected chi connectivity index (χ3v) is 5.41. The molecular formula is C12H20N2S2. The largest absolute Gasteiger partial charge is 0.398 e. The van der Waals surface area contributed by atoms with Gasteiger partial charge in [-0.1, -0.05) is 0 Å². The number of thioether (sulfide) groups is 1. The van der Waals surface area contributed by atoms with Crippen LogP contribution in [0.5, 0.6) is 0 Å². The van der Waals surface area contributed by atoms with Gasteiger partial charge in [0.1, 0.15) is 0 Å². The van der Waals surface area contributed by atoms with Gasteiger partial charge in [0.05, 0.1) is 0 Å². The summed E-state index contributed by atoms with van der Waals surface area (Å²) in [5.74, 6) is 0. The molecule has 3 N–H and O–H groups in total. The van der Waals surface area contributed by atoms with Crippen molar-refractivity contribution in [3.8, 4) is 0 Å². The summed E-state index contributed by atoms with van der Waals surface area (Å²) in [6.45, 7) is 0.943. The van der Waals surface area contributed by atoms with Crippen molar-refractivity contribution in [2.45, 2.75) is 43.5 Å². The van der Waals surface area contributed by atoms with Gasteiger partial charge >= 0.3 is 0 Å². The topological polar surface area (TPSA) is 38.0 Å². The first-order chi connectivity index (χ1) is 7.79. The lowest BCUT2D eigenvalue weighted by molar-refractivity contribution is 0.380. The average molecular weight is 256 g/mol. The molecule has 16 heavy (non-hydrogen) atoms. The molecule has 1 fully saturated rings. The van der Waals surface area contributed by atoms with Crippen molar-refractivity contribution < 1.29 is 0 Å². The van der Waals surface area contributed by atoms with Crippen LogP contribution in [-0.2, 0) is 6.54 Å². The molecular weight excluding hydrogens is 236 g/mol. The van der Waals surface area contributed by atoms with E-state index in [9.17, 15) is 0 Å². The molecule has 1 aromatic heterocycles. The maximum Gasteiger partial charge on any atom is 0.0468 e. The van der Waals surface area contributed by atoms with Gasteiger partial charge < -0.3 is 11.1 Å². The van der Waals surface area contributed by atoms with E-state index in [0.717, 1.165) is 17.5 Å². The highest BCUT2D eigenvalue weighted by Gasteiger charge is 2.19. The highest BCUT2D eigenvalue weighted by Crippen LogP contribution is 2.27. The molecule has 0 bridgehead atoms. The van der Waals surface area contributed by atoms with Crippen LogP contribution in [0.3, 0.4) is 0 Å². The number of anilines is 1. The third-order valence-electron chi connectivity index (χ3n) is 3.34. The Balaban J connectivity index is 1.73. The van der Waals surface area contributed by atoms with Crippen molar-refractivity contribution in [2.24, 2.45) is 0 Å². The monoisotopic (exact) mass is 256 g/mol. The first-order valence-corrected chi connectivity index (χ1v) is 8.04. The van der Waals surface area contributed by atoms with E-state index >= 15 is 0 Å². The highest BCUT2D eigenvalue weighted by molar-refractivity contribution is 7.99. The second-order valence-electron chi connectivity index (χ2n) is 4.39. The summed E-state index contributed by atoms with van der Waals surface area (Å²) < 4.78 is 0. The second-order valence-corrected chi connectivity index (χ2v) is 6.53. The van der Waals surface area contributed by atoms with Crippen LogP contribution >= 0.6 is 23.1 Å². The standard InChI is InChI=1S/C12H20N2S2/c1-15-10-4-2-9(3-5-10)14-8-12-11(13)6-7-16-12/h6-7,9-10,14H,2-5,8,13H2,1H3. The van der Waals surface area contributed by atoms with Gasteiger partial charge in [-0.05, 0) is 43.4 Å². The van der Waals surface area contributed by atoms with Crippen LogP contribution in [0.25, 0.3) is 0 Å². The number of nitrogens with two attached hydrogens (primary N) is 1. The Morgan fingerprint density at radius 1 is 1.44 bits per heavy atom. The summed E-state index contributed by atoms with van der Waals surface area (Å²) in [4.78, 5) is 1.28. The fourth-order valence-corrected chi connectivity index (χ4v) is 3.73. The molecule has 1 aromatic rings. The molecule has 0 amide bonds. The number of rotatable bonds is 4. The number of hydrogen-bond donors (Lipinski definition) is 2. The molecule has 2 rings (SSSR count). The summed E-state index contributed by atoms with van der Waals surface area (Å²) >= 11 is 3.77. The van der Waals surface area contributed by atoms with Crippen LogP contribution in [0, 0.1) is 0 Å². The zero-order valence-corrected chi connectivity index (χ0v) is 11.4. The maximum absolute atomic E-state index is 5.87. The van der Waals surface area contributed by atoms with Gasteiger partial charge in [-0.25, -0.2) is 0 Å². The summed E-state index contributed by atoms with van der Waals surface area (Å²) in [5.41, 5.74) is 6.81. The molecule has 1 saturated carbocycles. The Kier molecular flexibility index (Phi) is 4.55. The fourth-order valence-electron chi connectivity index (χ4n) is 2.23. The van der Waals surface area contributed by atoms with Crippen LogP contribution < -0.4 is 11.1 Å². The van der Waals surface area contributed by atoms with Crippen molar-refractivity contribution in [3.05, 3.63) is 16.3 Å². The first kappa shape index (κ1) is 12.3. The summed E-state index contributed by atoms with van der Waals surface area (Å²) in [6, 6.07) is 2.69. The van der Waals surface area contributed by atoms with Crippen LogP contribution in [0.1, 0.15) is 30.6 Å². The van der Waals surface area contributed by atoms with Crippen molar-refractivity contribution in [1.82, 2.24) is 5.32 Å². The normalized spacial score (nSPS) is 25.8. The number of nitrogen functional groups attached to an aromatic ring is 1. The molecule has 0 spiro atoms. The van der Waals surface area contributed by atoms with Crippen LogP contribution in [-0.4, -0.2) is 17.5 Å². The lowest BCUT2D eigenvalue weighted by atomic mass is 9.95. The molecule has 0 aliphatic heterocycles. The molecule has 2 nitrogen and oxygen atoms in total. The third kappa shape index (κ3) is 3.15. The van der Waals surface area contributed by atoms with Gasteiger partial charge in [-0.3, -0.25) is 0 Å². The van der Waals surface area contributed by atoms with Gasteiger partial charge in [-0.2, -0.15) is 11.8 Å². The molecule has 4 heteroatoms. The minimum absolute atomic E-state index is 0.699. The highest BCUT2D eigenvalue weighted by atomic mass is 32.2. The van der Waals surface area contributed by atoms with Gasteiger partial charge in [-0.15, -0.1) is 11.3 Å². The summed E-state index contributed by atoms with van der Waals surface area (Å²) in [7, 11) is 0. The minimum atomic E-state index is 0.699. The van der Waals surface area contributed by atoms with E-state index in [-0.39, 0.29) is 0 Å². The van der Waals surface area contributed by atoms with E-state index in [0.29, 0.717) is 6.04 Å². The fraction of sp³-hybridized carbons (Fsp3) is 0.667. The molecule has 1 aliphatic rings. The van der Waals surface area contributed by atoms with Crippen LogP contribution in [0.2, 0.25) is 0 Å². The molecule has 0 radical (unpaired) electrons.